The van der Waals surface area contributed by atoms with Crippen molar-refractivity contribution in [3.8, 4) is 0 Å². The predicted molar refractivity (Wildman–Crippen MR) is 69.2 cm³/mol. The first kappa shape index (κ1) is 13.5. The average Bonchev–Trinajstić information content (AvgIpc) is 2.37. The Morgan fingerprint density at radius 2 is 2.29 bits per heavy atom. The quantitative estimate of drug-likeness (QED) is 0.561. The van der Waals surface area contributed by atoms with Crippen LogP contribution in [0.5, 0.6) is 0 Å². The molecular formula is C13H20N2O2. The molecule has 0 aliphatic rings. The Morgan fingerprint density at radius 1 is 1.47 bits per heavy atom. The monoisotopic (exact) mass is 236 g/mol. The van der Waals surface area contributed by atoms with E-state index in [4.69, 9.17) is 10.5 Å². The lowest BCUT2D eigenvalue weighted by Crippen LogP contribution is -2.13. The van der Waals surface area contributed by atoms with E-state index in [1.165, 1.54) is 0 Å². The molecule has 0 bridgehead atoms. The summed E-state index contributed by atoms with van der Waals surface area (Å²) in [7, 11) is 0. The number of rotatable bonds is 7. The first-order valence-corrected chi connectivity index (χ1v) is 5.99. The molecule has 0 radical (unpaired) electrons. The van der Waals surface area contributed by atoms with Gasteiger partial charge in [-0.2, -0.15) is 0 Å². The minimum Gasteiger partial charge on any atom is -0.462 e. The summed E-state index contributed by atoms with van der Waals surface area (Å²) in [6, 6.07) is 7.26. The molecule has 4 heteroatoms. The van der Waals surface area contributed by atoms with Gasteiger partial charge < -0.3 is 15.8 Å². The Labute approximate surface area is 102 Å². The van der Waals surface area contributed by atoms with Gasteiger partial charge in [-0.15, -0.1) is 0 Å². The standard InChI is InChI=1S/C13H20N2O2/c1-2-3-9-17-13(16)11-5-4-6-12(10-11)15-8-7-14/h4-6,10,15H,2-3,7-9,14H2,1H3. The highest BCUT2D eigenvalue weighted by Crippen LogP contribution is 2.11. The highest BCUT2D eigenvalue weighted by Gasteiger charge is 2.06. The van der Waals surface area contributed by atoms with E-state index in [9.17, 15) is 4.79 Å². The van der Waals surface area contributed by atoms with E-state index in [0.29, 0.717) is 25.3 Å². The van der Waals surface area contributed by atoms with Gasteiger partial charge in [0.2, 0.25) is 0 Å². The topological polar surface area (TPSA) is 64.3 Å². The van der Waals surface area contributed by atoms with Gasteiger partial charge in [-0.05, 0) is 24.6 Å². The van der Waals surface area contributed by atoms with Crippen molar-refractivity contribution in [2.45, 2.75) is 19.8 Å². The van der Waals surface area contributed by atoms with Crippen LogP contribution >= 0.6 is 0 Å². The van der Waals surface area contributed by atoms with Crippen LogP contribution < -0.4 is 11.1 Å². The normalized spacial score (nSPS) is 10.0. The SMILES string of the molecule is CCCCOC(=O)c1cccc(NCCN)c1. The van der Waals surface area contributed by atoms with Crippen LogP contribution in [0, 0.1) is 0 Å². The van der Waals surface area contributed by atoms with Crippen molar-refractivity contribution in [3.63, 3.8) is 0 Å². The number of nitrogens with two attached hydrogens (primary N) is 1. The second-order valence-corrected chi connectivity index (χ2v) is 3.79. The molecule has 0 spiro atoms. The fourth-order valence-corrected chi connectivity index (χ4v) is 1.37. The number of nitrogens with one attached hydrogen (secondary N) is 1. The molecular weight excluding hydrogens is 216 g/mol. The Hall–Kier alpha value is -1.55. The molecule has 0 aliphatic carbocycles. The van der Waals surface area contributed by atoms with Crippen molar-refractivity contribution in [2.24, 2.45) is 5.73 Å². The summed E-state index contributed by atoms with van der Waals surface area (Å²) in [6.07, 6.45) is 1.92. The van der Waals surface area contributed by atoms with Crippen LogP contribution in [-0.2, 0) is 4.74 Å². The molecule has 0 atom stereocenters. The van der Waals surface area contributed by atoms with E-state index in [1.807, 2.05) is 12.1 Å². The molecule has 1 aromatic carbocycles. The van der Waals surface area contributed by atoms with E-state index in [1.54, 1.807) is 12.1 Å². The summed E-state index contributed by atoms with van der Waals surface area (Å²) < 4.78 is 5.14. The van der Waals surface area contributed by atoms with Crippen LogP contribution in [0.4, 0.5) is 5.69 Å². The maximum Gasteiger partial charge on any atom is 0.338 e. The summed E-state index contributed by atoms with van der Waals surface area (Å²) in [4.78, 5) is 11.7. The van der Waals surface area contributed by atoms with Crippen molar-refractivity contribution in [2.75, 3.05) is 25.0 Å². The number of hydrogen-bond acceptors (Lipinski definition) is 4. The molecule has 0 saturated carbocycles. The summed E-state index contributed by atoms with van der Waals surface area (Å²) in [5.74, 6) is -0.269. The lowest BCUT2D eigenvalue weighted by Gasteiger charge is -2.07. The third-order valence-electron chi connectivity index (χ3n) is 2.30. The van der Waals surface area contributed by atoms with E-state index in [0.717, 1.165) is 18.5 Å². The smallest absolute Gasteiger partial charge is 0.338 e. The molecule has 17 heavy (non-hydrogen) atoms. The third kappa shape index (κ3) is 4.87. The maximum atomic E-state index is 11.7. The van der Waals surface area contributed by atoms with Gasteiger partial charge >= 0.3 is 5.97 Å². The van der Waals surface area contributed by atoms with Crippen LogP contribution in [0.3, 0.4) is 0 Å². The minimum atomic E-state index is -0.269. The van der Waals surface area contributed by atoms with Crippen molar-refractivity contribution >= 4 is 11.7 Å². The zero-order chi connectivity index (χ0) is 12.5. The molecule has 1 rings (SSSR count). The number of esters is 1. The molecule has 0 saturated heterocycles. The van der Waals surface area contributed by atoms with Crippen LogP contribution in [0.15, 0.2) is 24.3 Å². The molecule has 0 aromatic heterocycles. The van der Waals surface area contributed by atoms with Crippen LogP contribution in [-0.4, -0.2) is 25.7 Å². The zero-order valence-corrected chi connectivity index (χ0v) is 10.2. The number of hydrogen-bond donors (Lipinski definition) is 2. The highest BCUT2D eigenvalue weighted by atomic mass is 16.5. The van der Waals surface area contributed by atoms with Gasteiger partial charge in [0.05, 0.1) is 12.2 Å². The van der Waals surface area contributed by atoms with Crippen LogP contribution in [0.2, 0.25) is 0 Å². The van der Waals surface area contributed by atoms with Crippen molar-refractivity contribution in [1.29, 1.82) is 0 Å². The molecule has 0 fully saturated rings. The number of carbonyl (C=O) groups is 1. The number of benzene rings is 1. The second-order valence-electron chi connectivity index (χ2n) is 3.79. The lowest BCUT2D eigenvalue weighted by molar-refractivity contribution is 0.0500. The Bertz CT molecular complexity index is 353. The fraction of sp³-hybridized carbons (Fsp3) is 0.462. The first-order valence-electron chi connectivity index (χ1n) is 5.99. The average molecular weight is 236 g/mol. The van der Waals surface area contributed by atoms with Crippen molar-refractivity contribution < 1.29 is 9.53 Å². The molecule has 4 nitrogen and oxygen atoms in total. The number of unbranched alkanes of at least 4 members (excludes halogenated alkanes) is 1. The van der Waals surface area contributed by atoms with Gasteiger partial charge in [0.15, 0.2) is 0 Å². The molecule has 0 heterocycles. The Morgan fingerprint density at radius 3 is 3.00 bits per heavy atom. The van der Waals surface area contributed by atoms with Gasteiger partial charge in [0, 0.05) is 18.8 Å². The van der Waals surface area contributed by atoms with E-state index >= 15 is 0 Å². The second kappa shape index (κ2) is 7.68. The van der Waals surface area contributed by atoms with E-state index < -0.39 is 0 Å². The molecule has 0 aliphatic heterocycles. The Balaban J connectivity index is 2.54. The van der Waals surface area contributed by atoms with Gasteiger partial charge in [-0.1, -0.05) is 19.4 Å². The van der Waals surface area contributed by atoms with Crippen molar-refractivity contribution in [3.05, 3.63) is 29.8 Å². The molecule has 1 aromatic rings. The third-order valence-corrected chi connectivity index (χ3v) is 2.30. The van der Waals surface area contributed by atoms with Crippen molar-refractivity contribution in [1.82, 2.24) is 0 Å². The number of ether oxygens (including phenoxy) is 1. The summed E-state index contributed by atoms with van der Waals surface area (Å²) in [6.45, 7) is 3.79. The van der Waals surface area contributed by atoms with E-state index in [-0.39, 0.29) is 5.97 Å². The maximum absolute atomic E-state index is 11.7. The molecule has 0 amide bonds. The summed E-state index contributed by atoms with van der Waals surface area (Å²) in [5.41, 5.74) is 6.86. The molecule has 94 valence electrons. The largest absolute Gasteiger partial charge is 0.462 e. The number of anilines is 1. The van der Waals surface area contributed by atoms with E-state index in [2.05, 4.69) is 12.2 Å². The number of carbonyl (C=O) groups excluding carboxylic acids is 1. The van der Waals surface area contributed by atoms with Gasteiger partial charge in [-0.3, -0.25) is 0 Å². The Kier molecular flexibility index (Phi) is 6.10. The van der Waals surface area contributed by atoms with Gasteiger partial charge in [0.1, 0.15) is 0 Å². The lowest BCUT2D eigenvalue weighted by atomic mass is 10.2. The van der Waals surface area contributed by atoms with Gasteiger partial charge in [0.25, 0.3) is 0 Å². The molecule has 0 unspecified atom stereocenters. The molecule has 3 N–H and O–H groups in total. The summed E-state index contributed by atoms with van der Waals surface area (Å²) >= 11 is 0. The highest BCUT2D eigenvalue weighted by molar-refractivity contribution is 5.90. The van der Waals surface area contributed by atoms with Crippen LogP contribution in [0.1, 0.15) is 30.1 Å². The van der Waals surface area contributed by atoms with Gasteiger partial charge in [-0.25, -0.2) is 4.79 Å². The summed E-state index contributed by atoms with van der Waals surface area (Å²) in [5, 5.41) is 3.12. The van der Waals surface area contributed by atoms with Crippen LogP contribution in [0.25, 0.3) is 0 Å². The fourth-order valence-electron chi connectivity index (χ4n) is 1.37. The predicted octanol–water partition coefficient (Wildman–Crippen LogP) is 2.01. The zero-order valence-electron chi connectivity index (χ0n) is 10.2. The first-order chi connectivity index (χ1) is 8.27. The minimum absolute atomic E-state index is 0.269.